The minimum Gasteiger partial charge on any atom is -0.328 e. The van der Waals surface area contributed by atoms with E-state index in [0.29, 0.717) is 6.04 Å². The molecule has 2 heteroatoms. The number of thioether (sulfide) groups is 1. The Balaban J connectivity index is 2.07. The highest BCUT2D eigenvalue weighted by molar-refractivity contribution is 7.99. The monoisotopic (exact) mass is 223 g/mol. The Morgan fingerprint density at radius 1 is 1.20 bits per heavy atom. The summed E-state index contributed by atoms with van der Waals surface area (Å²) in [5, 5.41) is 0. The summed E-state index contributed by atoms with van der Waals surface area (Å²) in [5.74, 6) is 1.18. The summed E-state index contributed by atoms with van der Waals surface area (Å²) in [6, 6.07) is 11.0. The van der Waals surface area contributed by atoms with Gasteiger partial charge in [0.1, 0.15) is 0 Å². The normalized spacial score (nSPS) is 12.7. The van der Waals surface area contributed by atoms with Crippen LogP contribution in [0.3, 0.4) is 0 Å². The van der Waals surface area contributed by atoms with Crippen molar-refractivity contribution in [2.45, 2.75) is 43.5 Å². The molecular weight excluding hydrogens is 202 g/mol. The van der Waals surface area contributed by atoms with Crippen LogP contribution in [0.15, 0.2) is 35.2 Å². The van der Waals surface area contributed by atoms with Gasteiger partial charge in [-0.1, -0.05) is 31.5 Å². The fourth-order valence-electron chi connectivity index (χ4n) is 1.57. The summed E-state index contributed by atoms with van der Waals surface area (Å²) in [7, 11) is 0. The number of nitrogens with two attached hydrogens (primary N) is 1. The van der Waals surface area contributed by atoms with Crippen LogP contribution in [-0.4, -0.2) is 11.8 Å². The van der Waals surface area contributed by atoms with E-state index in [1.165, 1.54) is 23.5 Å². The van der Waals surface area contributed by atoms with Crippen LogP contribution in [0.25, 0.3) is 0 Å². The quantitative estimate of drug-likeness (QED) is 0.563. The Morgan fingerprint density at radius 3 is 2.60 bits per heavy atom. The molecule has 0 aliphatic rings. The SMILES string of the molecule is CCCC(N)CCCSc1ccccc1. The molecule has 0 amide bonds. The van der Waals surface area contributed by atoms with E-state index in [0.717, 1.165) is 12.8 Å². The van der Waals surface area contributed by atoms with Crippen molar-refractivity contribution in [1.82, 2.24) is 0 Å². The standard InChI is InChI=1S/C13H21NS/c1-2-7-12(14)8-6-11-15-13-9-4-3-5-10-13/h3-5,9-10,12H,2,6-8,11,14H2,1H3. The summed E-state index contributed by atoms with van der Waals surface area (Å²) in [6.45, 7) is 2.19. The van der Waals surface area contributed by atoms with Gasteiger partial charge in [0.15, 0.2) is 0 Å². The van der Waals surface area contributed by atoms with E-state index >= 15 is 0 Å². The largest absolute Gasteiger partial charge is 0.328 e. The van der Waals surface area contributed by atoms with E-state index in [9.17, 15) is 0 Å². The van der Waals surface area contributed by atoms with Crippen molar-refractivity contribution in [1.29, 1.82) is 0 Å². The fourth-order valence-corrected chi connectivity index (χ4v) is 2.46. The molecule has 1 aromatic rings. The van der Waals surface area contributed by atoms with Crippen LogP contribution < -0.4 is 5.73 Å². The first-order chi connectivity index (χ1) is 7.33. The molecule has 0 aliphatic heterocycles. The van der Waals surface area contributed by atoms with Crippen LogP contribution in [0.2, 0.25) is 0 Å². The Hall–Kier alpha value is -0.470. The van der Waals surface area contributed by atoms with Crippen LogP contribution >= 0.6 is 11.8 Å². The lowest BCUT2D eigenvalue weighted by atomic mass is 10.1. The van der Waals surface area contributed by atoms with Gasteiger partial charge in [-0.25, -0.2) is 0 Å². The van der Waals surface area contributed by atoms with Crippen molar-refractivity contribution in [3.8, 4) is 0 Å². The maximum atomic E-state index is 5.95. The van der Waals surface area contributed by atoms with Crippen LogP contribution in [0, 0.1) is 0 Å². The molecule has 0 fully saturated rings. The molecule has 1 aromatic carbocycles. The summed E-state index contributed by atoms with van der Waals surface area (Å²) < 4.78 is 0. The van der Waals surface area contributed by atoms with Gasteiger partial charge in [0, 0.05) is 10.9 Å². The molecule has 0 heterocycles. The number of benzene rings is 1. The Morgan fingerprint density at radius 2 is 1.93 bits per heavy atom. The van der Waals surface area contributed by atoms with Gasteiger partial charge < -0.3 is 5.73 Å². The Labute approximate surface area is 97.4 Å². The molecule has 0 radical (unpaired) electrons. The van der Waals surface area contributed by atoms with Gasteiger partial charge in [-0.15, -0.1) is 11.8 Å². The number of hydrogen-bond acceptors (Lipinski definition) is 2. The number of rotatable bonds is 7. The lowest BCUT2D eigenvalue weighted by molar-refractivity contribution is 0.556. The maximum Gasteiger partial charge on any atom is 0.00719 e. The lowest BCUT2D eigenvalue weighted by Crippen LogP contribution is -2.19. The first-order valence-corrected chi connectivity index (χ1v) is 6.75. The second-order valence-corrected chi connectivity index (χ2v) is 5.02. The maximum absolute atomic E-state index is 5.95. The summed E-state index contributed by atoms with van der Waals surface area (Å²) in [5.41, 5.74) is 5.95. The summed E-state index contributed by atoms with van der Waals surface area (Å²) >= 11 is 1.92. The predicted molar refractivity (Wildman–Crippen MR) is 69.3 cm³/mol. The van der Waals surface area contributed by atoms with Gasteiger partial charge >= 0.3 is 0 Å². The topological polar surface area (TPSA) is 26.0 Å². The van der Waals surface area contributed by atoms with Gasteiger partial charge in [-0.3, -0.25) is 0 Å². The second kappa shape index (κ2) is 7.77. The first kappa shape index (κ1) is 12.6. The third-order valence-electron chi connectivity index (χ3n) is 2.39. The molecule has 1 nitrogen and oxygen atoms in total. The zero-order valence-corrected chi connectivity index (χ0v) is 10.3. The van der Waals surface area contributed by atoms with Crippen molar-refractivity contribution in [2.75, 3.05) is 5.75 Å². The third kappa shape index (κ3) is 5.85. The molecule has 15 heavy (non-hydrogen) atoms. The summed E-state index contributed by atoms with van der Waals surface area (Å²) in [4.78, 5) is 1.36. The molecule has 0 aliphatic carbocycles. The average Bonchev–Trinajstić information content (AvgIpc) is 2.26. The lowest BCUT2D eigenvalue weighted by Gasteiger charge is -2.09. The molecule has 0 bridgehead atoms. The Bertz CT molecular complexity index is 248. The van der Waals surface area contributed by atoms with Crippen LogP contribution in [0.5, 0.6) is 0 Å². The molecule has 2 N–H and O–H groups in total. The smallest absolute Gasteiger partial charge is 0.00719 e. The van der Waals surface area contributed by atoms with Crippen molar-refractivity contribution >= 4 is 11.8 Å². The van der Waals surface area contributed by atoms with Gasteiger partial charge in [0.2, 0.25) is 0 Å². The van der Waals surface area contributed by atoms with Gasteiger partial charge in [-0.05, 0) is 37.1 Å². The van der Waals surface area contributed by atoms with Crippen molar-refractivity contribution in [3.05, 3.63) is 30.3 Å². The minimum atomic E-state index is 0.409. The zero-order valence-electron chi connectivity index (χ0n) is 9.49. The van der Waals surface area contributed by atoms with Crippen LogP contribution in [-0.2, 0) is 0 Å². The van der Waals surface area contributed by atoms with E-state index in [2.05, 4.69) is 37.3 Å². The highest BCUT2D eigenvalue weighted by Crippen LogP contribution is 2.18. The number of hydrogen-bond donors (Lipinski definition) is 1. The fraction of sp³-hybridized carbons (Fsp3) is 0.538. The predicted octanol–water partition coefficient (Wildman–Crippen LogP) is 3.69. The van der Waals surface area contributed by atoms with E-state index < -0.39 is 0 Å². The van der Waals surface area contributed by atoms with Gasteiger partial charge in [0.25, 0.3) is 0 Å². The second-order valence-electron chi connectivity index (χ2n) is 3.85. The minimum absolute atomic E-state index is 0.409. The highest BCUT2D eigenvalue weighted by atomic mass is 32.2. The van der Waals surface area contributed by atoms with E-state index in [4.69, 9.17) is 5.73 Å². The molecule has 1 rings (SSSR count). The van der Waals surface area contributed by atoms with Crippen molar-refractivity contribution in [2.24, 2.45) is 5.73 Å². The zero-order chi connectivity index (χ0) is 10.9. The molecule has 0 aromatic heterocycles. The molecule has 1 unspecified atom stereocenters. The first-order valence-electron chi connectivity index (χ1n) is 5.76. The van der Waals surface area contributed by atoms with E-state index in [1.54, 1.807) is 0 Å². The van der Waals surface area contributed by atoms with Crippen molar-refractivity contribution in [3.63, 3.8) is 0 Å². The van der Waals surface area contributed by atoms with Crippen LogP contribution in [0.4, 0.5) is 0 Å². The van der Waals surface area contributed by atoms with E-state index in [-0.39, 0.29) is 0 Å². The Kier molecular flexibility index (Phi) is 6.53. The average molecular weight is 223 g/mol. The molecule has 0 saturated carbocycles. The molecule has 84 valence electrons. The summed E-state index contributed by atoms with van der Waals surface area (Å²) in [6.07, 6.45) is 4.75. The molecular formula is C13H21NS. The molecule has 0 saturated heterocycles. The van der Waals surface area contributed by atoms with Gasteiger partial charge in [0.05, 0.1) is 0 Å². The molecule has 0 spiro atoms. The van der Waals surface area contributed by atoms with Gasteiger partial charge in [-0.2, -0.15) is 0 Å². The van der Waals surface area contributed by atoms with Crippen molar-refractivity contribution < 1.29 is 0 Å². The third-order valence-corrected chi connectivity index (χ3v) is 3.49. The molecule has 1 atom stereocenters. The highest BCUT2D eigenvalue weighted by Gasteiger charge is 2.00. The van der Waals surface area contributed by atoms with E-state index in [1.807, 2.05) is 11.8 Å². The van der Waals surface area contributed by atoms with Crippen LogP contribution in [0.1, 0.15) is 32.6 Å².